The molecule has 184 valence electrons. The summed E-state index contributed by atoms with van der Waals surface area (Å²) in [5.74, 6) is -1.82. The lowest BCUT2D eigenvalue weighted by atomic mass is 9.82. The Hall–Kier alpha value is -2.35. The van der Waals surface area contributed by atoms with Gasteiger partial charge in [-0.15, -0.1) is 0 Å². The van der Waals surface area contributed by atoms with Gasteiger partial charge in [0.05, 0.1) is 17.2 Å². The smallest absolute Gasteiger partial charge is 0.255 e. The van der Waals surface area contributed by atoms with Crippen LogP contribution in [0, 0.1) is 23.5 Å². The van der Waals surface area contributed by atoms with Crippen LogP contribution >= 0.6 is 11.6 Å². The highest BCUT2D eigenvalue weighted by molar-refractivity contribution is 6.31. The van der Waals surface area contributed by atoms with Gasteiger partial charge < -0.3 is 15.5 Å². The van der Waals surface area contributed by atoms with Crippen LogP contribution in [0.1, 0.15) is 61.4 Å². The predicted octanol–water partition coefficient (Wildman–Crippen LogP) is 5.31. The number of halogens is 3. The van der Waals surface area contributed by atoms with E-state index in [0.29, 0.717) is 32.1 Å². The van der Waals surface area contributed by atoms with E-state index < -0.39 is 29.7 Å². The standard InChI is InChI=1S/C26H30ClF2NO4/c1-15-10-21(32)7-6-20(31)5-2-16(15)12-22(33)13-18-11-17(3-8-24(18)28)26(34)30-19-4-9-25(29)23(27)14-19/h3-4,8-9,11,14-16,20-21,31-32H,2,5-7,10,12-13H2,1H3,(H,30,34). The number of amides is 1. The number of carbonyl (C=O) groups is 2. The Morgan fingerprint density at radius 2 is 1.68 bits per heavy atom. The van der Waals surface area contributed by atoms with Crippen LogP contribution < -0.4 is 5.32 Å². The van der Waals surface area contributed by atoms with Crippen molar-refractivity contribution in [3.05, 3.63) is 64.2 Å². The molecule has 0 saturated heterocycles. The first-order valence-corrected chi connectivity index (χ1v) is 11.9. The van der Waals surface area contributed by atoms with Gasteiger partial charge >= 0.3 is 0 Å². The monoisotopic (exact) mass is 493 g/mol. The molecule has 3 rings (SSSR count). The zero-order chi connectivity index (χ0) is 24.8. The van der Waals surface area contributed by atoms with E-state index in [1.165, 1.54) is 24.3 Å². The second-order valence-corrected chi connectivity index (χ2v) is 9.65. The topological polar surface area (TPSA) is 86.6 Å². The Balaban J connectivity index is 1.67. The minimum atomic E-state index is -0.611. The van der Waals surface area contributed by atoms with E-state index in [2.05, 4.69) is 5.32 Å². The molecule has 1 fully saturated rings. The molecule has 1 saturated carbocycles. The maximum atomic E-state index is 14.4. The van der Waals surface area contributed by atoms with E-state index in [1.807, 2.05) is 6.92 Å². The Bertz CT molecular complexity index is 1030. The molecular weight excluding hydrogens is 464 g/mol. The van der Waals surface area contributed by atoms with Crippen molar-refractivity contribution < 1.29 is 28.6 Å². The highest BCUT2D eigenvalue weighted by Gasteiger charge is 2.26. The van der Waals surface area contributed by atoms with Gasteiger partial charge in [-0.3, -0.25) is 9.59 Å². The van der Waals surface area contributed by atoms with E-state index in [1.54, 1.807) is 0 Å². The highest BCUT2D eigenvalue weighted by atomic mass is 35.5. The van der Waals surface area contributed by atoms with Crippen molar-refractivity contribution in [2.45, 2.75) is 64.1 Å². The number of nitrogens with one attached hydrogen (secondary N) is 1. The van der Waals surface area contributed by atoms with Crippen molar-refractivity contribution in [3.63, 3.8) is 0 Å². The number of hydrogen-bond acceptors (Lipinski definition) is 4. The summed E-state index contributed by atoms with van der Waals surface area (Å²) in [6.07, 6.45) is 1.90. The molecule has 8 heteroatoms. The fourth-order valence-electron chi connectivity index (χ4n) is 4.47. The van der Waals surface area contributed by atoms with Crippen molar-refractivity contribution >= 4 is 29.0 Å². The zero-order valence-electron chi connectivity index (χ0n) is 19.1. The number of Topliss-reactive ketones (excluding diaryl/α,β-unsaturated/α-hetero) is 1. The molecule has 1 amide bonds. The highest BCUT2D eigenvalue weighted by Crippen LogP contribution is 2.30. The van der Waals surface area contributed by atoms with Crippen LogP contribution in [0.5, 0.6) is 0 Å². The lowest BCUT2D eigenvalue weighted by Gasteiger charge is -2.24. The van der Waals surface area contributed by atoms with E-state index in [9.17, 15) is 28.6 Å². The van der Waals surface area contributed by atoms with Gasteiger partial charge in [0.1, 0.15) is 17.4 Å². The normalized spacial score (nSPS) is 23.5. The molecule has 0 aliphatic heterocycles. The zero-order valence-corrected chi connectivity index (χ0v) is 19.8. The largest absolute Gasteiger partial charge is 0.393 e. The summed E-state index contributed by atoms with van der Waals surface area (Å²) < 4.78 is 27.8. The van der Waals surface area contributed by atoms with Crippen molar-refractivity contribution in [2.24, 2.45) is 11.8 Å². The van der Waals surface area contributed by atoms with Crippen LogP contribution in [0.15, 0.2) is 36.4 Å². The molecule has 1 aliphatic carbocycles. The van der Waals surface area contributed by atoms with Gasteiger partial charge in [0.25, 0.3) is 5.91 Å². The predicted molar refractivity (Wildman–Crippen MR) is 127 cm³/mol. The molecule has 5 nitrogen and oxygen atoms in total. The number of aliphatic hydroxyl groups is 2. The minimum Gasteiger partial charge on any atom is -0.393 e. The molecule has 0 aromatic heterocycles. The van der Waals surface area contributed by atoms with Crippen LogP contribution in [-0.4, -0.2) is 34.1 Å². The number of rotatable bonds is 6. The molecule has 0 bridgehead atoms. The first kappa shape index (κ1) is 26.3. The molecular formula is C26H30ClF2NO4. The Kier molecular flexibility index (Phi) is 9.17. The van der Waals surface area contributed by atoms with Crippen molar-refractivity contribution in [1.29, 1.82) is 0 Å². The number of ketones is 1. The summed E-state index contributed by atoms with van der Waals surface area (Å²) in [5.41, 5.74) is 0.564. The van der Waals surface area contributed by atoms with E-state index >= 15 is 0 Å². The van der Waals surface area contributed by atoms with Gasteiger partial charge in [0.2, 0.25) is 0 Å². The van der Waals surface area contributed by atoms with Gasteiger partial charge in [-0.25, -0.2) is 8.78 Å². The molecule has 2 aromatic rings. The lowest BCUT2D eigenvalue weighted by molar-refractivity contribution is -0.120. The maximum Gasteiger partial charge on any atom is 0.255 e. The van der Waals surface area contributed by atoms with Gasteiger partial charge in [-0.1, -0.05) is 18.5 Å². The molecule has 34 heavy (non-hydrogen) atoms. The van der Waals surface area contributed by atoms with Crippen molar-refractivity contribution in [1.82, 2.24) is 0 Å². The third-order valence-corrected chi connectivity index (χ3v) is 6.80. The molecule has 0 heterocycles. The average Bonchev–Trinajstić information content (AvgIpc) is 2.83. The molecule has 3 N–H and O–H groups in total. The van der Waals surface area contributed by atoms with Gasteiger partial charge in [0, 0.05) is 24.1 Å². The fourth-order valence-corrected chi connectivity index (χ4v) is 4.65. The first-order valence-electron chi connectivity index (χ1n) is 11.5. The summed E-state index contributed by atoms with van der Waals surface area (Å²) in [6.45, 7) is 1.99. The summed E-state index contributed by atoms with van der Waals surface area (Å²) in [5, 5.41) is 22.7. The van der Waals surface area contributed by atoms with E-state index in [-0.39, 0.29) is 52.3 Å². The lowest BCUT2D eigenvalue weighted by Crippen LogP contribution is -2.21. The van der Waals surface area contributed by atoms with Crippen molar-refractivity contribution in [2.75, 3.05) is 5.32 Å². The minimum absolute atomic E-state index is 0.0207. The average molecular weight is 494 g/mol. The van der Waals surface area contributed by atoms with Crippen LogP contribution in [0.3, 0.4) is 0 Å². The number of anilines is 1. The number of carbonyl (C=O) groups excluding carboxylic acids is 2. The van der Waals surface area contributed by atoms with Crippen LogP contribution in [0.4, 0.5) is 14.5 Å². The molecule has 1 aliphatic rings. The van der Waals surface area contributed by atoms with E-state index in [4.69, 9.17) is 11.6 Å². The van der Waals surface area contributed by atoms with Gasteiger partial charge in [0.15, 0.2) is 0 Å². The number of benzene rings is 2. The Labute approximate surface area is 203 Å². The van der Waals surface area contributed by atoms with E-state index in [0.717, 1.165) is 12.1 Å². The number of aliphatic hydroxyl groups excluding tert-OH is 2. The quantitative estimate of drug-likeness (QED) is 0.509. The third-order valence-electron chi connectivity index (χ3n) is 6.52. The summed E-state index contributed by atoms with van der Waals surface area (Å²) in [7, 11) is 0. The maximum absolute atomic E-state index is 14.4. The van der Waals surface area contributed by atoms with Gasteiger partial charge in [-0.2, -0.15) is 0 Å². The first-order chi connectivity index (χ1) is 16.1. The van der Waals surface area contributed by atoms with Crippen LogP contribution in [-0.2, 0) is 11.2 Å². The molecule has 2 aromatic carbocycles. The molecule has 0 spiro atoms. The fraction of sp³-hybridized carbons (Fsp3) is 0.462. The van der Waals surface area contributed by atoms with Crippen LogP contribution in [0.25, 0.3) is 0 Å². The summed E-state index contributed by atoms with van der Waals surface area (Å²) in [4.78, 5) is 25.4. The number of hydrogen-bond donors (Lipinski definition) is 3. The van der Waals surface area contributed by atoms with Crippen molar-refractivity contribution in [3.8, 4) is 0 Å². The molecule has 4 unspecified atom stereocenters. The van der Waals surface area contributed by atoms with Crippen LogP contribution in [0.2, 0.25) is 5.02 Å². The Morgan fingerprint density at radius 1 is 1.00 bits per heavy atom. The molecule has 4 atom stereocenters. The third kappa shape index (κ3) is 7.32. The Morgan fingerprint density at radius 3 is 2.41 bits per heavy atom. The summed E-state index contributed by atoms with van der Waals surface area (Å²) >= 11 is 5.74. The summed E-state index contributed by atoms with van der Waals surface area (Å²) in [6, 6.07) is 7.56. The second kappa shape index (κ2) is 11.9. The SMILES string of the molecule is CC1CC(O)CCC(O)CCC1CC(=O)Cc1cc(C(=O)Nc2ccc(F)c(Cl)c2)ccc1F. The van der Waals surface area contributed by atoms with Gasteiger partial charge in [-0.05, 0) is 85.9 Å². The molecule has 0 radical (unpaired) electrons. The second-order valence-electron chi connectivity index (χ2n) is 9.24.